The zero-order chi connectivity index (χ0) is 22.3. The molecule has 164 valence electrons. The van der Waals surface area contributed by atoms with Crippen LogP contribution in [0.4, 0.5) is 5.69 Å². The van der Waals surface area contributed by atoms with Crippen LogP contribution >= 0.6 is 11.6 Å². The molecule has 2 amide bonds. The molecular weight excluding hydrogens is 418 g/mol. The molecule has 0 saturated carbocycles. The highest BCUT2D eigenvalue weighted by Crippen LogP contribution is 2.51. The summed E-state index contributed by atoms with van der Waals surface area (Å²) in [5.41, 5.74) is 0.502. The smallest absolute Gasteiger partial charge is 0.254 e. The van der Waals surface area contributed by atoms with E-state index in [0.717, 1.165) is 0 Å². The number of aliphatic hydroxyl groups excluding tert-OH is 1. The number of nitrogens with one attached hydrogen (secondary N) is 1. The summed E-state index contributed by atoms with van der Waals surface area (Å²) in [4.78, 5) is 30.2. The summed E-state index contributed by atoms with van der Waals surface area (Å²) in [5, 5.41) is 14.0. The van der Waals surface area contributed by atoms with Gasteiger partial charge in [0.15, 0.2) is 5.54 Å². The number of carbonyl (C=O) groups is 2. The van der Waals surface area contributed by atoms with Gasteiger partial charge >= 0.3 is 0 Å². The third-order valence-corrected chi connectivity index (χ3v) is 6.20. The molecule has 1 fully saturated rings. The van der Waals surface area contributed by atoms with E-state index >= 15 is 0 Å². The number of rotatable bonds is 5. The van der Waals surface area contributed by atoms with E-state index in [0.29, 0.717) is 34.2 Å². The minimum atomic E-state index is -1.38. The van der Waals surface area contributed by atoms with Crippen molar-refractivity contribution in [1.29, 1.82) is 0 Å². The van der Waals surface area contributed by atoms with E-state index in [2.05, 4.69) is 5.32 Å². The molecule has 7 nitrogen and oxygen atoms in total. The highest BCUT2D eigenvalue weighted by atomic mass is 35.5. The molecule has 3 atom stereocenters. The Morgan fingerprint density at radius 1 is 1.29 bits per heavy atom. The fourth-order valence-corrected chi connectivity index (χ4v) is 4.90. The lowest BCUT2D eigenvalue weighted by atomic mass is 9.80. The Bertz CT molecular complexity index is 1030. The molecule has 2 aromatic carbocycles. The quantitative estimate of drug-likeness (QED) is 0.741. The fourth-order valence-electron chi connectivity index (χ4n) is 4.73. The number of fused-ring (bicyclic) bond motifs is 1. The van der Waals surface area contributed by atoms with Crippen molar-refractivity contribution in [3.63, 3.8) is 0 Å². The first kappa shape index (κ1) is 21.6. The van der Waals surface area contributed by atoms with E-state index in [4.69, 9.17) is 16.3 Å². The lowest BCUT2D eigenvalue weighted by Gasteiger charge is -2.41. The predicted octanol–water partition coefficient (Wildman–Crippen LogP) is 2.46. The minimum absolute atomic E-state index is 0.157. The monoisotopic (exact) mass is 443 g/mol. The van der Waals surface area contributed by atoms with Crippen LogP contribution in [-0.2, 0) is 15.1 Å². The summed E-state index contributed by atoms with van der Waals surface area (Å²) in [7, 11) is 3.34. The molecule has 0 aliphatic carbocycles. The molecule has 2 N–H and O–H groups in total. The van der Waals surface area contributed by atoms with Crippen molar-refractivity contribution in [2.24, 2.45) is 0 Å². The number of nitrogens with zero attached hydrogens (tertiary/aromatic N) is 2. The number of halogens is 1. The first-order valence-corrected chi connectivity index (χ1v) is 10.7. The maximum absolute atomic E-state index is 13.8. The van der Waals surface area contributed by atoms with Gasteiger partial charge in [0.2, 0.25) is 5.91 Å². The number of ether oxygens (including phenoxy) is 1. The number of anilines is 1. The highest BCUT2D eigenvalue weighted by Gasteiger charge is 2.59. The zero-order valence-corrected chi connectivity index (χ0v) is 18.5. The van der Waals surface area contributed by atoms with Gasteiger partial charge in [0.25, 0.3) is 5.91 Å². The van der Waals surface area contributed by atoms with Crippen LogP contribution in [0.2, 0.25) is 5.02 Å². The van der Waals surface area contributed by atoms with Crippen LogP contribution in [-0.4, -0.2) is 66.1 Å². The molecule has 1 unspecified atom stereocenters. The van der Waals surface area contributed by atoms with Gasteiger partial charge in [0.05, 0.1) is 18.8 Å². The van der Waals surface area contributed by atoms with Crippen LogP contribution in [0, 0.1) is 0 Å². The third kappa shape index (κ3) is 3.37. The van der Waals surface area contributed by atoms with Gasteiger partial charge in [-0.15, -0.1) is 0 Å². The Morgan fingerprint density at radius 2 is 2.03 bits per heavy atom. The number of likely N-dealkylation sites (tertiary alicyclic amines) is 1. The average molecular weight is 444 g/mol. The van der Waals surface area contributed by atoms with Crippen LogP contribution < -0.4 is 10.1 Å². The predicted molar refractivity (Wildman–Crippen MR) is 118 cm³/mol. The Kier molecular flexibility index (Phi) is 5.68. The Balaban J connectivity index is 2.02. The fraction of sp³-hybridized carbons (Fsp3) is 0.391. The van der Waals surface area contributed by atoms with Crippen LogP contribution in [0.15, 0.2) is 42.5 Å². The molecule has 2 aliphatic rings. The topological polar surface area (TPSA) is 82.1 Å². The Hall–Kier alpha value is -2.61. The summed E-state index contributed by atoms with van der Waals surface area (Å²) in [6.45, 7) is 2.45. The van der Waals surface area contributed by atoms with E-state index in [9.17, 15) is 14.7 Å². The van der Waals surface area contributed by atoms with Crippen molar-refractivity contribution >= 4 is 29.1 Å². The maximum Gasteiger partial charge on any atom is 0.254 e. The molecule has 2 heterocycles. The minimum Gasteiger partial charge on any atom is -0.493 e. The largest absolute Gasteiger partial charge is 0.493 e. The number of β-amino-alcohol motifs (C(OH)–C–C–N with tert-alkyl or cyclic N) is 1. The Labute approximate surface area is 186 Å². The van der Waals surface area contributed by atoms with Gasteiger partial charge in [-0.1, -0.05) is 29.8 Å². The van der Waals surface area contributed by atoms with Crippen LogP contribution in [0.25, 0.3) is 0 Å². The van der Waals surface area contributed by atoms with Crippen molar-refractivity contribution in [3.05, 3.63) is 58.6 Å². The zero-order valence-electron chi connectivity index (χ0n) is 17.8. The second-order valence-corrected chi connectivity index (χ2v) is 8.51. The maximum atomic E-state index is 13.8. The van der Waals surface area contributed by atoms with E-state index in [1.807, 2.05) is 31.2 Å². The van der Waals surface area contributed by atoms with E-state index < -0.39 is 17.7 Å². The normalized spacial score (nSPS) is 25.3. The van der Waals surface area contributed by atoms with E-state index in [-0.39, 0.29) is 24.8 Å². The molecule has 0 spiro atoms. The summed E-state index contributed by atoms with van der Waals surface area (Å²) < 4.78 is 5.90. The molecule has 2 aromatic rings. The summed E-state index contributed by atoms with van der Waals surface area (Å²) in [5.74, 6) is 0.0705. The van der Waals surface area contributed by atoms with Crippen molar-refractivity contribution in [3.8, 4) is 5.75 Å². The second-order valence-electron chi connectivity index (χ2n) is 8.07. The standard InChI is InChI=1S/C23H26ClN3O4/c1-4-31-20-8-6-5-7-16(20)23(17-11-14(24)9-10-18(17)25-22(23)30)27-13-15(28)12-19(27)21(29)26(2)3/h5-11,15,19,28H,4,12-13H2,1-3H3,(H,25,30)/t15-,19+,23?/m1/s1. The van der Waals surface area contributed by atoms with E-state index in [1.165, 1.54) is 4.90 Å². The average Bonchev–Trinajstić information content (AvgIpc) is 3.25. The van der Waals surface area contributed by atoms with E-state index in [1.54, 1.807) is 37.2 Å². The number of aliphatic hydroxyl groups is 1. The van der Waals surface area contributed by atoms with Gasteiger partial charge in [-0.3, -0.25) is 14.5 Å². The number of carbonyl (C=O) groups excluding carboxylic acids is 2. The van der Waals surface area contributed by atoms with Crippen molar-refractivity contribution in [1.82, 2.24) is 9.80 Å². The summed E-state index contributed by atoms with van der Waals surface area (Å²) in [6.07, 6.45) is -0.514. The Morgan fingerprint density at radius 3 is 2.74 bits per heavy atom. The third-order valence-electron chi connectivity index (χ3n) is 5.96. The molecule has 0 aromatic heterocycles. The van der Waals surface area contributed by atoms with Gasteiger partial charge in [-0.05, 0) is 37.6 Å². The van der Waals surface area contributed by atoms with Crippen LogP contribution in [0.3, 0.4) is 0 Å². The number of hydrogen-bond acceptors (Lipinski definition) is 5. The van der Waals surface area contributed by atoms with Gasteiger partial charge in [0, 0.05) is 42.5 Å². The van der Waals surface area contributed by atoms with Gasteiger partial charge in [-0.2, -0.15) is 0 Å². The first-order chi connectivity index (χ1) is 14.8. The molecule has 4 rings (SSSR count). The first-order valence-electron chi connectivity index (χ1n) is 10.3. The molecule has 2 aliphatic heterocycles. The summed E-state index contributed by atoms with van der Waals surface area (Å²) >= 11 is 6.36. The highest BCUT2D eigenvalue weighted by molar-refractivity contribution is 6.31. The second kappa shape index (κ2) is 8.15. The molecule has 1 saturated heterocycles. The van der Waals surface area contributed by atoms with Gasteiger partial charge in [0.1, 0.15) is 5.75 Å². The van der Waals surface area contributed by atoms with Crippen molar-refractivity contribution < 1.29 is 19.4 Å². The number of hydrogen-bond donors (Lipinski definition) is 2. The number of likely N-dealkylation sites (N-methyl/N-ethyl adjacent to an activating group) is 1. The molecule has 31 heavy (non-hydrogen) atoms. The number of benzene rings is 2. The lowest BCUT2D eigenvalue weighted by Crippen LogP contribution is -2.57. The lowest BCUT2D eigenvalue weighted by molar-refractivity contribution is -0.138. The number of amides is 2. The van der Waals surface area contributed by atoms with Crippen molar-refractivity contribution in [2.75, 3.05) is 32.6 Å². The molecular formula is C23H26ClN3O4. The number of para-hydroxylation sites is 1. The van der Waals surface area contributed by atoms with Gasteiger partial charge < -0.3 is 20.1 Å². The molecule has 0 bridgehead atoms. The molecule has 0 radical (unpaired) electrons. The van der Waals surface area contributed by atoms with Crippen molar-refractivity contribution in [2.45, 2.75) is 31.0 Å². The van der Waals surface area contributed by atoms with Crippen LogP contribution in [0.5, 0.6) is 5.75 Å². The molecule has 8 heteroatoms. The van der Waals surface area contributed by atoms with Crippen LogP contribution in [0.1, 0.15) is 24.5 Å². The summed E-state index contributed by atoms with van der Waals surface area (Å²) in [6, 6.07) is 11.9. The van der Waals surface area contributed by atoms with Gasteiger partial charge in [-0.25, -0.2) is 0 Å². The SMILES string of the molecule is CCOc1ccccc1C1(N2C[C@H](O)C[C@H]2C(=O)N(C)C)C(=O)Nc2ccc(Cl)cc21.